The van der Waals surface area contributed by atoms with Crippen LogP contribution in [-0.2, 0) is 32.1 Å². The molecule has 0 radical (unpaired) electrons. The zero-order valence-corrected chi connectivity index (χ0v) is 13.9. The molecule has 7 nitrogen and oxygen atoms in total. The number of ether oxygens (including phenoxy) is 1. The number of esters is 1. The van der Waals surface area contributed by atoms with Crippen LogP contribution >= 0.6 is 0 Å². The van der Waals surface area contributed by atoms with E-state index in [1.165, 1.54) is 13.2 Å². The van der Waals surface area contributed by atoms with Gasteiger partial charge in [0.15, 0.2) is 6.10 Å². The van der Waals surface area contributed by atoms with E-state index in [0.717, 1.165) is 5.56 Å². The fourth-order valence-electron chi connectivity index (χ4n) is 2.04. The Balaban J connectivity index is 1.66. The highest BCUT2D eigenvalue weighted by atomic mass is 16.5. The number of carbonyl (C=O) groups is 3. The summed E-state index contributed by atoms with van der Waals surface area (Å²) in [5.41, 5.74) is 0.846. The van der Waals surface area contributed by atoms with Crippen LogP contribution in [0.1, 0.15) is 18.2 Å². The van der Waals surface area contributed by atoms with Crippen molar-refractivity contribution in [3.05, 3.63) is 60.1 Å². The molecule has 1 unspecified atom stereocenters. The third-order valence-corrected chi connectivity index (χ3v) is 3.33. The molecule has 1 heterocycles. The van der Waals surface area contributed by atoms with Gasteiger partial charge in [0.25, 0.3) is 5.91 Å². The van der Waals surface area contributed by atoms with Crippen LogP contribution in [0.2, 0.25) is 0 Å². The molecule has 25 heavy (non-hydrogen) atoms. The quantitative estimate of drug-likeness (QED) is 0.701. The Morgan fingerprint density at radius 1 is 1.08 bits per heavy atom. The molecule has 0 fully saturated rings. The van der Waals surface area contributed by atoms with Crippen molar-refractivity contribution in [2.24, 2.45) is 0 Å². The molecule has 1 atom stereocenters. The largest absolute Gasteiger partial charge is 0.467 e. The lowest BCUT2D eigenvalue weighted by Crippen LogP contribution is -2.38. The molecule has 0 aliphatic rings. The zero-order valence-electron chi connectivity index (χ0n) is 13.9. The Hall–Kier alpha value is -3.09. The van der Waals surface area contributed by atoms with Crippen LogP contribution < -0.4 is 10.6 Å². The van der Waals surface area contributed by atoms with Crippen LogP contribution in [0.15, 0.2) is 53.1 Å². The number of carbonyl (C=O) groups excluding carboxylic acids is 3. The van der Waals surface area contributed by atoms with Gasteiger partial charge in [-0.1, -0.05) is 30.3 Å². The summed E-state index contributed by atoms with van der Waals surface area (Å²) in [6.07, 6.45) is 0.713. The maximum absolute atomic E-state index is 11.8. The van der Waals surface area contributed by atoms with E-state index >= 15 is 0 Å². The van der Waals surface area contributed by atoms with Crippen LogP contribution in [0.3, 0.4) is 0 Å². The molecule has 0 aliphatic heterocycles. The lowest BCUT2D eigenvalue weighted by atomic mass is 10.1. The number of hydrogen-bond acceptors (Lipinski definition) is 5. The molecule has 0 spiro atoms. The summed E-state index contributed by atoms with van der Waals surface area (Å²) in [4.78, 5) is 35.3. The van der Waals surface area contributed by atoms with Gasteiger partial charge in [0.1, 0.15) is 12.3 Å². The number of benzene rings is 1. The Bertz CT molecular complexity index is 698. The minimum absolute atomic E-state index is 0.174. The fraction of sp³-hybridized carbons (Fsp3) is 0.278. The predicted molar refractivity (Wildman–Crippen MR) is 89.3 cm³/mol. The van der Waals surface area contributed by atoms with Crippen molar-refractivity contribution in [1.29, 1.82) is 0 Å². The van der Waals surface area contributed by atoms with E-state index in [9.17, 15) is 14.4 Å². The molecule has 2 aromatic rings. The van der Waals surface area contributed by atoms with E-state index in [0.29, 0.717) is 5.76 Å². The maximum Gasteiger partial charge on any atom is 0.326 e. The van der Waals surface area contributed by atoms with Crippen LogP contribution in [0.5, 0.6) is 0 Å². The number of hydrogen-bond donors (Lipinski definition) is 2. The lowest BCUT2D eigenvalue weighted by Gasteiger charge is -2.13. The van der Waals surface area contributed by atoms with Crippen molar-refractivity contribution in [3.63, 3.8) is 0 Å². The molecule has 2 N–H and O–H groups in total. The van der Waals surface area contributed by atoms with E-state index in [1.54, 1.807) is 12.1 Å². The molecule has 0 saturated carbocycles. The average molecular weight is 344 g/mol. The van der Waals surface area contributed by atoms with Crippen LogP contribution in [0.25, 0.3) is 0 Å². The van der Waals surface area contributed by atoms with Crippen molar-refractivity contribution >= 4 is 17.8 Å². The number of furan rings is 1. The van der Waals surface area contributed by atoms with Gasteiger partial charge < -0.3 is 19.8 Å². The zero-order chi connectivity index (χ0) is 18.1. The van der Waals surface area contributed by atoms with Crippen molar-refractivity contribution < 1.29 is 23.5 Å². The minimum atomic E-state index is -0.964. The van der Waals surface area contributed by atoms with Gasteiger partial charge >= 0.3 is 5.97 Å². The van der Waals surface area contributed by atoms with Crippen molar-refractivity contribution in [2.45, 2.75) is 26.0 Å². The van der Waals surface area contributed by atoms with E-state index in [-0.39, 0.29) is 25.4 Å². The fourth-order valence-corrected chi connectivity index (χ4v) is 2.04. The minimum Gasteiger partial charge on any atom is -0.467 e. The van der Waals surface area contributed by atoms with Gasteiger partial charge in [-0.25, -0.2) is 0 Å². The third-order valence-electron chi connectivity index (χ3n) is 3.33. The van der Waals surface area contributed by atoms with Crippen molar-refractivity contribution in [2.75, 3.05) is 6.54 Å². The first-order chi connectivity index (χ1) is 12.0. The number of amides is 2. The van der Waals surface area contributed by atoms with Gasteiger partial charge in [0.05, 0.1) is 19.2 Å². The highest BCUT2D eigenvalue weighted by molar-refractivity contribution is 5.86. The number of rotatable bonds is 8. The third kappa shape index (κ3) is 6.50. The predicted octanol–water partition coefficient (Wildman–Crippen LogP) is 1.19. The van der Waals surface area contributed by atoms with Crippen LogP contribution in [0, 0.1) is 0 Å². The van der Waals surface area contributed by atoms with Crippen LogP contribution in [-0.4, -0.2) is 30.4 Å². The normalized spacial score (nSPS) is 11.4. The Labute approximate surface area is 145 Å². The second-order valence-electron chi connectivity index (χ2n) is 5.37. The molecule has 2 amide bonds. The molecule has 0 bridgehead atoms. The number of nitrogens with one attached hydrogen (secondary N) is 2. The van der Waals surface area contributed by atoms with Crippen LogP contribution in [0.4, 0.5) is 0 Å². The molecule has 1 aromatic heterocycles. The Morgan fingerprint density at radius 3 is 2.52 bits per heavy atom. The van der Waals surface area contributed by atoms with Gasteiger partial charge in [0.2, 0.25) is 5.91 Å². The summed E-state index contributed by atoms with van der Waals surface area (Å²) in [5.74, 6) is -0.819. The van der Waals surface area contributed by atoms with Gasteiger partial charge in [-0.05, 0) is 24.6 Å². The molecular weight excluding hydrogens is 324 g/mol. The van der Waals surface area contributed by atoms with E-state index in [2.05, 4.69) is 10.6 Å². The first-order valence-corrected chi connectivity index (χ1v) is 7.85. The summed E-state index contributed by atoms with van der Waals surface area (Å²) in [6, 6.07) is 12.6. The Kier molecular flexibility index (Phi) is 6.76. The second-order valence-corrected chi connectivity index (χ2v) is 5.37. The van der Waals surface area contributed by atoms with Gasteiger partial charge in [-0.15, -0.1) is 0 Å². The lowest BCUT2D eigenvalue weighted by molar-refractivity contribution is -0.154. The molecular formula is C18H20N2O5. The maximum atomic E-state index is 11.8. The summed E-state index contributed by atoms with van der Waals surface area (Å²) in [7, 11) is 0. The molecule has 132 valence electrons. The highest BCUT2D eigenvalue weighted by Crippen LogP contribution is 2.01. The summed E-state index contributed by atoms with van der Waals surface area (Å²) in [5, 5.41) is 5.06. The van der Waals surface area contributed by atoms with Crippen molar-refractivity contribution in [3.8, 4) is 0 Å². The van der Waals surface area contributed by atoms with E-state index < -0.39 is 18.0 Å². The average Bonchev–Trinajstić information content (AvgIpc) is 3.12. The molecule has 0 aliphatic carbocycles. The summed E-state index contributed by atoms with van der Waals surface area (Å²) < 4.78 is 10.1. The van der Waals surface area contributed by atoms with Gasteiger partial charge in [-0.2, -0.15) is 0 Å². The first kappa shape index (κ1) is 18.3. The SMILES string of the molecule is CC(OC(=O)CNC(=O)Cc1ccccc1)C(=O)NCc1ccco1. The molecule has 0 saturated heterocycles. The summed E-state index contributed by atoms with van der Waals surface area (Å²) in [6.45, 7) is 1.38. The Morgan fingerprint density at radius 2 is 1.84 bits per heavy atom. The summed E-state index contributed by atoms with van der Waals surface area (Å²) >= 11 is 0. The molecule has 7 heteroatoms. The van der Waals surface area contributed by atoms with E-state index in [4.69, 9.17) is 9.15 Å². The first-order valence-electron chi connectivity index (χ1n) is 7.85. The monoisotopic (exact) mass is 344 g/mol. The highest BCUT2D eigenvalue weighted by Gasteiger charge is 2.18. The van der Waals surface area contributed by atoms with E-state index in [1.807, 2.05) is 30.3 Å². The van der Waals surface area contributed by atoms with Crippen molar-refractivity contribution in [1.82, 2.24) is 10.6 Å². The molecule has 1 aromatic carbocycles. The standard InChI is InChI=1S/C18H20N2O5/c1-13(18(23)20-11-15-8-5-9-24-15)25-17(22)12-19-16(21)10-14-6-3-2-4-7-14/h2-9,13H,10-12H2,1H3,(H,19,21)(H,20,23). The van der Waals surface area contributed by atoms with Gasteiger partial charge in [0, 0.05) is 0 Å². The second kappa shape index (κ2) is 9.27. The van der Waals surface area contributed by atoms with Gasteiger partial charge in [-0.3, -0.25) is 14.4 Å². The smallest absolute Gasteiger partial charge is 0.326 e. The topological polar surface area (TPSA) is 97.6 Å². The molecule has 2 rings (SSSR count).